The van der Waals surface area contributed by atoms with E-state index in [0.717, 1.165) is 183 Å². The van der Waals surface area contributed by atoms with Crippen molar-refractivity contribution < 1.29 is 104 Å². The molecule has 5 aromatic carbocycles. The monoisotopic (exact) mass is 2050 g/mol. The molecule has 1 amide bonds. The van der Waals surface area contributed by atoms with Gasteiger partial charge in [-0.2, -0.15) is 0 Å². The predicted octanol–water partition coefficient (Wildman–Crippen LogP) is 29.7. The van der Waals surface area contributed by atoms with E-state index in [1.807, 2.05) is 140 Å². The Morgan fingerprint density at radius 1 is 0.384 bits per heavy atom. The van der Waals surface area contributed by atoms with Crippen molar-refractivity contribution in [3.63, 3.8) is 0 Å². The first kappa shape index (κ1) is 124. The highest BCUT2D eigenvalue weighted by atomic mass is 31.2. The second kappa shape index (κ2) is 78.5. The summed E-state index contributed by atoms with van der Waals surface area (Å²) in [6.45, 7) is 9.93. The maximum absolute atomic E-state index is 16.2. The van der Waals surface area contributed by atoms with Crippen LogP contribution in [0.2, 0.25) is 0 Å². The van der Waals surface area contributed by atoms with Crippen molar-refractivity contribution >= 4 is 37.6 Å². The van der Waals surface area contributed by atoms with Crippen molar-refractivity contribution in [2.24, 2.45) is 5.11 Å². The van der Waals surface area contributed by atoms with Crippen LogP contribution in [-0.4, -0.2) is 143 Å². The number of benzene rings is 5. The van der Waals surface area contributed by atoms with Gasteiger partial charge in [0.2, 0.25) is 5.91 Å². The van der Waals surface area contributed by atoms with E-state index in [1.165, 1.54) is 116 Å². The number of ether oxygens (including phenoxy) is 13. The van der Waals surface area contributed by atoms with Crippen molar-refractivity contribution in [3.8, 4) is 5.75 Å². The van der Waals surface area contributed by atoms with Gasteiger partial charge in [-0.05, 0) is 96.0 Å². The quantitative estimate of drug-likeness (QED) is 0.00719. The standard InChI is InChI=1S/C119H185N4O22P/c1-7-12-17-22-27-32-33-38-43-48-62-77-109(126)140-104(75-60-46-41-36-30-25-20-15-10-4)86-111(128)143-116-112(121-107(124)84-103(74-59-45-40-35-29-24-19-14-9-3)139-108(125)76-61-47-42-37-31-26-21-16-11-5)118(141-105(93-132-88-95-65-52-49-53-66-95)115(116)145-146(129)137-91-99-71-63-64-72-100(99)92-138-146)136-94-106-114(135-90-97-69-56-51-57-70-97)117(113(122-123-120)119(142-106)133-83-82-131-87-98-78-80-101(130-6)81-79-98)144-110(127)85-102(134-89-96-67-54-50-55-68-96)73-58-44-39-34-28-23-18-13-8-2/h49-57,63-72,78-81,102-106,112-119H,7-48,58-62,73-77,82-94H2,1-6H3,(H,121,124)/t102-,103-,104-,105-,106-,112-,113-,114-,115-,116-,117-,118-,119-/m1/s1. The van der Waals surface area contributed by atoms with Crippen molar-refractivity contribution in [1.82, 2.24) is 5.32 Å². The lowest BCUT2D eigenvalue weighted by molar-refractivity contribution is -0.309. The Kier molecular flexibility index (Phi) is 66.4. The minimum absolute atomic E-state index is 0.0124. The molecule has 0 unspecified atom stereocenters. The number of carbonyl (C=O) groups excluding carboxylic acids is 5. The highest BCUT2D eigenvalue weighted by Gasteiger charge is 2.56. The van der Waals surface area contributed by atoms with Crippen LogP contribution in [0.3, 0.4) is 0 Å². The number of fused-ring (bicyclic) bond motifs is 1. The molecule has 0 saturated carbocycles. The van der Waals surface area contributed by atoms with Crippen molar-refractivity contribution in [2.45, 2.75) is 507 Å². The molecule has 0 aliphatic carbocycles. The van der Waals surface area contributed by atoms with Gasteiger partial charge in [-0.15, -0.1) is 0 Å². The molecular weight excluding hydrogens is 1870 g/mol. The van der Waals surface area contributed by atoms with E-state index in [9.17, 15) is 15.1 Å². The molecule has 2 fully saturated rings. The summed E-state index contributed by atoms with van der Waals surface area (Å²) in [6, 6.07) is 40.3. The molecule has 146 heavy (non-hydrogen) atoms. The summed E-state index contributed by atoms with van der Waals surface area (Å²) in [5, 5.41) is 7.58. The average molecular weight is 2050 g/mol. The number of azide groups is 1. The molecule has 8 rings (SSSR count). The SMILES string of the molecule is CCCCCCCCCCCCCC(=O)O[C@H](CCCCCCCCCCC)CC(=O)O[C@@H]1[C@@H](NC(=O)C[C@@H](CCCCCCCCCCC)OC(=O)CCCCCCCCCCC)[C@H](OC[C@H]2O[C@@H](OCCOCc3ccc(OC)cc3)[C@H](N=[N+]=[N-])[C@@H](OC(=O)C[C@@H](CCCCCCCCCCC)OCc3ccccc3)[C@@H]2OCc2ccccc2)O[C@H](COCc2ccccc2)[C@H]1OP1(=O)OCc2ccccc2CO1. The highest BCUT2D eigenvalue weighted by molar-refractivity contribution is 7.48. The Balaban J connectivity index is 1.24. The number of hydrogen-bond donors (Lipinski definition) is 1. The molecule has 27 heteroatoms. The first-order valence-electron chi connectivity index (χ1n) is 57.1. The number of carbonyl (C=O) groups is 5. The first-order valence-corrected chi connectivity index (χ1v) is 58.5. The van der Waals surface area contributed by atoms with Crippen LogP contribution in [0.4, 0.5) is 0 Å². The number of hydrogen-bond acceptors (Lipinski definition) is 23. The number of nitrogens with zero attached hydrogens (tertiary/aromatic N) is 3. The minimum atomic E-state index is -4.84. The summed E-state index contributed by atoms with van der Waals surface area (Å²) in [5.74, 6) is -2.40. The van der Waals surface area contributed by atoms with Gasteiger partial charge in [0.05, 0.1) is 98.5 Å². The average Bonchev–Trinajstić information content (AvgIpc) is 1.03. The Labute approximate surface area is 876 Å². The van der Waals surface area contributed by atoms with Gasteiger partial charge in [-0.1, -0.05) is 443 Å². The third-order valence-corrected chi connectivity index (χ3v) is 29.4. The van der Waals surface area contributed by atoms with Crippen LogP contribution < -0.4 is 10.1 Å². The van der Waals surface area contributed by atoms with Gasteiger partial charge in [-0.25, -0.2) is 4.57 Å². The van der Waals surface area contributed by atoms with Gasteiger partial charge in [0.25, 0.3) is 0 Å². The van der Waals surface area contributed by atoms with Crippen LogP contribution in [0.5, 0.6) is 5.75 Å². The summed E-state index contributed by atoms with van der Waals surface area (Å²) in [7, 11) is -3.24. The molecule has 0 radical (unpaired) electrons. The van der Waals surface area contributed by atoms with E-state index in [-0.39, 0.29) is 85.1 Å². The van der Waals surface area contributed by atoms with Crippen LogP contribution in [0.15, 0.2) is 145 Å². The number of phosphoric acid groups is 1. The topological polar surface area (TPSA) is 311 Å². The zero-order chi connectivity index (χ0) is 104. The Morgan fingerprint density at radius 3 is 1.23 bits per heavy atom. The van der Waals surface area contributed by atoms with E-state index in [4.69, 9.17) is 75.2 Å². The zero-order valence-electron chi connectivity index (χ0n) is 90.0. The summed E-state index contributed by atoms with van der Waals surface area (Å²) < 4.78 is 123. The molecule has 0 bridgehead atoms. The van der Waals surface area contributed by atoms with Crippen LogP contribution in [-0.2, 0) is 139 Å². The number of rotatable bonds is 86. The van der Waals surface area contributed by atoms with Gasteiger partial charge >= 0.3 is 31.7 Å². The fourth-order valence-corrected chi connectivity index (χ4v) is 20.7. The molecule has 0 aromatic heterocycles. The van der Waals surface area contributed by atoms with Crippen LogP contribution >= 0.6 is 7.82 Å². The van der Waals surface area contributed by atoms with E-state index < -0.39 is 130 Å². The van der Waals surface area contributed by atoms with Gasteiger partial charge in [0.1, 0.15) is 60.6 Å². The highest BCUT2D eigenvalue weighted by Crippen LogP contribution is 2.56. The molecule has 818 valence electrons. The predicted molar refractivity (Wildman–Crippen MR) is 573 cm³/mol. The number of phosphoric ester groups is 1. The van der Waals surface area contributed by atoms with Gasteiger partial charge < -0.3 is 66.9 Å². The Morgan fingerprint density at radius 2 is 0.767 bits per heavy atom. The first-order chi connectivity index (χ1) is 71.6. The normalized spacial score (nSPS) is 19.3. The molecule has 2 saturated heterocycles. The second-order valence-electron chi connectivity index (χ2n) is 40.5. The Hall–Kier alpha value is -7.65. The van der Waals surface area contributed by atoms with Crippen molar-refractivity contribution in [3.05, 3.63) is 183 Å². The molecule has 3 heterocycles. The number of nitrogens with one attached hydrogen (secondary N) is 1. The molecule has 0 spiro atoms. The minimum Gasteiger partial charge on any atom is -0.497 e. The van der Waals surface area contributed by atoms with E-state index in [1.54, 1.807) is 7.11 Å². The number of methoxy groups -OCH3 is 1. The molecule has 13 atom stereocenters. The van der Waals surface area contributed by atoms with Gasteiger partial charge in [0, 0.05) is 17.8 Å². The van der Waals surface area contributed by atoms with Gasteiger partial charge in [-0.3, -0.25) is 37.5 Å². The second-order valence-corrected chi connectivity index (χ2v) is 42.1. The van der Waals surface area contributed by atoms with Crippen LogP contribution in [0.25, 0.3) is 10.4 Å². The molecular formula is C119H185N4O22P. The fourth-order valence-electron chi connectivity index (χ4n) is 19.3. The summed E-state index contributed by atoms with van der Waals surface area (Å²) >= 11 is 0. The fraction of sp³-hybridized carbons (Fsp3) is 0.706. The Bertz CT molecular complexity index is 4260. The lowest BCUT2D eigenvalue weighted by Gasteiger charge is -2.47. The summed E-state index contributed by atoms with van der Waals surface area (Å²) in [5.41, 5.74) is 15.5. The van der Waals surface area contributed by atoms with Crippen LogP contribution in [0.1, 0.15) is 421 Å². The molecule has 5 aromatic rings. The van der Waals surface area contributed by atoms with Crippen molar-refractivity contribution in [1.29, 1.82) is 0 Å². The van der Waals surface area contributed by atoms with E-state index in [0.29, 0.717) is 61.8 Å². The molecule has 1 N–H and O–H groups in total. The number of amides is 1. The molecule has 3 aliphatic heterocycles. The summed E-state index contributed by atoms with van der Waals surface area (Å²) in [4.78, 5) is 80.0. The van der Waals surface area contributed by atoms with E-state index in [2.05, 4.69) is 50.0 Å². The maximum atomic E-state index is 16.2. The maximum Gasteiger partial charge on any atom is 0.475 e. The molecule has 3 aliphatic rings. The van der Waals surface area contributed by atoms with Crippen molar-refractivity contribution in [2.75, 3.05) is 33.5 Å². The zero-order valence-corrected chi connectivity index (χ0v) is 90.9. The number of unbranched alkanes of at least 4 members (excludes halogenated alkanes) is 42. The van der Waals surface area contributed by atoms with Crippen LogP contribution in [0, 0.1) is 0 Å². The third kappa shape index (κ3) is 52.9. The smallest absolute Gasteiger partial charge is 0.475 e. The third-order valence-electron chi connectivity index (χ3n) is 28.0. The molecule has 26 nitrogen and oxygen atoms in total. The largest absolute Gasteiger partial charge is 0.497 e. The van der Waals surface area contributed by atoms with E-state index >= 15 is 18.9 Å². The lowest BCUT2D eigenvalue weighted by atomic mass is 9.95. The lowest BCUT2D eigenvalue weighted by Crippen LogP contribution is -2.67. The van der Waals surface area contributed by atoms with Gasteiger partial charge in [0.15, 0.2) is 18.7 Å². The number of esters is 4. The summed E-state index contributed by atoms with van der Waals surface area (Å²) in [6.07, 6.45) is 35.4.